The third-order valence-corrected chi connectivity index (χ3v) is 8.37. The van der Waals surface area contributed by atoms with E-state index in [1.807, 2.05) is 29.1 Å². The van der Waals surface area contributed by atoms with Crippen LogP contribution in [0.1, 0.15) is 57.9 Å². The van der Waals surface area contributed by atoms with E-state index in [4.69, 9.17) is 5.10 Å². The lowest BCUT2D eigenvalue weighted by Gasteiger charge is -2.32. The van der Waals surface area contributed by atoms with E-state index in [1.165, 1.54) is 12.8 Å². The van der Waals surface area contributed by atoms with Gasteiger partial charge in [0.25, 0.3) is 0 Å². The fourth-order valence-corrected chi connectivity index (χ4v) is 6.68. The smallest absolute Gasteiger partial charge is 0.247 e. The van der Waals surface area contributed by atoms with Gasteiger partial charge in [-0.15, -0.1) is 11.3 Å². The SMILES string of the molecule is CC1CCCCN1S(=O)(=O)c1cn(C2CCCC2)nc1-c1cccs1. The lowest BCUT2D eigenvalue weighted by molar-refractivity contribution is 0.268. The van der Waals surface area contributed by atoms with Crippen molar-refractivity contribution in [3.05, 3.63) is 23.7 Å². The molecule has 5 nitrogen and oxygen atoms in total. The summed E-state index contributed by atoms with van der Waals surface area (Å²) in [4.78, 5) is 1.32. The second-order valence-corrected chi connectivity index (χ2v) is 10.0. The average Bonchev–Trinajstić information content (AvgIpc) is 3.34. The summed E-state index contributed by atoms with van der Waals surface area (Å²) < 4.78 is 30.4. The molecular formula is C18H25N3O2S2. The minimum Gasteiger partial charge on any atom is -0.268 e. The van der Waals surface area contributed by atoms with E-state index in [2.05, 4.69) is 0 Å². The highest BCUT2D eigenvalue weighted by molar-refractivity contribution is 7.89. The Labute approximate surface area is 153 Å². The molecule has 1 saturated carbocycles. The quantitative estimate of drug-likeness (QED) is 0.796. The highest BCUT2D eigenvalue weighted by Gasteiger charge is 2.35. The number of aromatic nitrogens is 2. The fourth-order valence-electron chi connectivity index (χ4n) is 4.06. The predicted molar refractivity (Wildman–Crippen MR) is 100 cm³/mol. The van der Waals surface area contributed by atoms with Gasteiger partial charge >= 0.3 is 0 Å². The van der Waals surface area contributed by atoms with Crippen LogP contribution in [-0.4, -0.2) is 35.1 Å². The maximum atomic E-state index is 13.4. The summed E-state index contributed by atoms with van der Waals surface area (Å²) in [6, 6.07) is 4.31. The van der Waals surface area contributed by atoms with Gasteiger partial charge < -0.3 is 0 Å². The number of sulfonamides is 1. The van der Waals surface area contributed by atoms with Crippen molar-refractivity contribution in [1.82, 2.24) is 14.1 Å². The molecule has 0 aromatic carbocycles. The number of hydrogen-bond donors (Lipinski definition) is 0. The Morgan fingerprint density at radius 1 is 1.16 bits per heavy atom. The normalized spacial score (nSPS) is 23.3. The number of hydrogen-bond acceptors (Lipinski definition) is 4. The van der Waals surface area contributed by atoms with Crippen molar-refractivity contribution in [3.8, 4) is 10.6 Å². The molecule has 4 rings (SSSR count). The van der Waals surface area contributed by atoms with E-state index in [1.54, 1.807) is 21.8 Å². The molecule has 2 fully saturated rings. The topological polar surface area (TPSA) is 55.2 Å². The summed E-state index contributed by atoms with van der Waals surface area (Å²) in [5, 5.41) is 6.72. The third-order valence-electron chi connectivity index (χ3n) is 5.48. The molecule has 1 unspecified atom stereocenters. The molecule has 1 aliphatic carbocycles. The monoisotopic (exact) mass is 379 g/mol. The standard InChI is InChI=1S/C18H25N3O2S2/c1-14-7-4-5-11-21(14)25(22,23)17-13-20(15-8-2-3-9-15)19-18(17)16-10-6-12-24-16/h6,10,12-15H,2-5,7-9,11H2,1H3. The van der Waals surface area contributed by atoms with Crippen LogP contribution in [0.15, 0.2) is 28.6 Å². The van der Waals surface area contributed by atoms with Crippen molar-refractivity contribution < 1.29 is 8.42 Å². The average molecular weight is 380 g/mol. The van der Waals surface area contributed by atoms with Crippen LogP contribution in [0.3, 0.4) is 0 Å². The molecule has 25 heavy (non-hydrogen) atoms. The molecule has 7 heteroatoms. The van der Waals surface area contributed by atoms with Crippen LogP contribution in [0, 0.1) is 0 Å². The Kier molecular flexibility index (Phi) is 4.73. The van der Waals surface area contributed by atoms with Gasteiger partial charge in [0.05, 0.1) is 10.9 Å². The van der Waals surface area contributed by atoms with Crippen molar-refractivity contribution in [2.24, 2.45) is 0 Å². The van der Waals surface area contributed by atoms with Gasteiger partial charge in [0, 0.05) is 18.8 Å². The van der Waals surface area contributed by atoms with E-state index in [0.717, 1.165) is 37.0 Å². The Morgan fingerprint density at radius 3 is 2.60 bits per heavy atom. The molecule has 0 spiro atoms. The molecule has 136 valence electrons. The molecule has 2 aromatic heterocycles. The van der Waals surface area contributed by atoms with Crippen LogP contribution in [0.2, 0.25) is 0 Å². The molecule has 1 atom stereocenters. The predicted octanol–water partition coefficient (Wildman–Crippen LogP) is 4.29. The Morgan fingerprint density at radius 2 is 1.92 bits per heavy atom. The summed E-state index contributed by atoms with van der Waals surface area (Å²) in [5.41, 5.74) is 0.625. The van der Waals surface area contributed by atoms with Crippen molar-refractivity contribution >= 4 is 21.4 Å². The Balaban J connectivity index is 1.79. The van der Waals surface area contributed by atoms with Gasteiger partial charge in [-0.3, -0.25) is 4.68 Å². The maximum absolute atomic E-state index is 13.4. The molecule has 3 heterocycles. The van der Waals surface area contributed by atoms with Gasteiger partial charge in [0.1, 0.15) is 10.6 Å². The highest BCUT2D eigenvalue weighted by Crippen LogP contribution is 2.37. The van der Waals surface area contributed by atoms with E-state index in [0.29, 0.717) is 23.2 Å². The molecular weight excluding hydrogens is 354 g/mol. The van der Waals surface area contributed by atoms with Crippen molar-refractivity contribution in [2.75, 3.05) is 6.54 Å². The second-order valence-electron chi connectivity index (χ2n) is 7.20. The second kappa shape index (κ2) is 6.85. The van der Waals surface area contributed by atoms with Crippen LogP contribution in [-0.2, 0) is 10.0 Å². The van der Waals surface area contributed by atoms with Crippen LogP contribution in [0.25, 0.3) is 10.6 Å². The zero-order valence-electron chi connectivity index (χ0n) is 14.6. The summed E-state index contributed by atoms with van der Waals surface area (Å²) in [6.07, 6.45) is 9.34. The molecule has 0 amide bonds. The van der Waals surface area contributed by atoms with Crippen LogP contribution < -0.4 is 0 Å². The molecule has 0 N–H and O–H groups in total. The van der Waals surface area contributed by atoms with Gasteiger partial charge in [0.2, 0.25) is 10.0 Å². The van der Waals surface area contributed by atoms with Crippen LogP contribution in [0.4, 0.5) is 0 Å². The molecule has 1 aliphatic heterocycles. The first-order chi connectivity index (χ1) is 12.1. The third kappa shape index (κ3) is 3.17. The summed E-state index contributed by atoms with van der Waals surface area (Å²) in [7, 11) is -3.52. The van der Waals surface area contributed by atoms with Gasteiger partial charge in [-0.2, -0.15) is 9.40 Å². The van der Waals surface area contributed by atoms with E-state index in [-0.39, 0.29) is 6.04 Å². The van der Waals surface area contributed by atoms with E-state index in [9.17, 15) is 8.42 Å². The summed E-state index contributed by atoms with van der Waals surface area (Å²) in [5.74, 6) is 0. The molecule has 0 bridgehead atoms. The van der Waals surface area contributed by atoms with E-state index >= 15 is 0 Å². The largest absolute Gasteiger partial charge is 0.268 e. The minimum atomic E-state index is -3.52. The molecule has 2 aromatic rings. The number of piperidine rings is 1. The number of nitrogens with zero attached hydrogens (tertiary/aromatic N) is 3. The van der Waals surface area contributed by atoms with Gasteiger partial charge in [-0.1, -0.05) is 25.3 Å². The molecule has 0 radical (unpaired) electrons. The lowest BCUT2D eigenvalue weighted by atomic mass is 10.1. The fraction of sp³-hybridized carbons (Fsp3) is 0.611. The van der Waals surface area contributed by atoms with Gasteiger partial charge in [-0.05, 0) is 44.1 Å². The van der Waals surface area contributed by atoms with Crippen molar-refractivity contribution in [1.29, 1.82) is 0 Å². The number of rotatable bonds is 4. The highest BCUT2D eigenvalue weighted by atomic mass is 32.2. The molecule has 1 saturated heterocycles. The van der Waals surface area contributed by atoms with Gasteiger partial charge in [-0.25, -0.2) is 8.42 Å². The van der Waals surface area contributed by atoms with Crippen LogP contribution >= 0.6 is 11.3 Å². The van der Waals surface area contributed by atoms with E-state index < -0.39 is 10.0 Å². The Hall–Kier alpha value is -1.18. The first-order valence-corrected chi connectivity index (χ1v) is 11.5. The van der Waals surface area contributed by atoms with Crippen LogP contribution in [0.5, 0.6) is 0 Å². The minimum absolute atomic E-state index is 0.0600. The maximum Gasteiger partial charge on any atom is 0.247 e. The Bertz CT molecular complexity index is 821. The first kappa shape index (κ1) is 17.2. The summed E-state index contributed by atoms with van der Waals surface area (Å²) in [6.45, 7) is 2.63. The lowest BCUT2D eigenvalue weighted by Crippen LogP contribution is -2.41. The summed E-state index contributed by atoms with van der Waals surface area (Å²) >= 11 is 1.55. The van der Waals surface area contributed by atoms with Gasteiger partial charge in [0.15, 0.2) is 0 Å². The zero-order chi connectivity index (χ0) is 17.4. The van der Waals surface area contributed by atoms with Crippen molar-refractivity contribution in [3.63, 3.8) is 0 Å². The first-order valence-electron chi connectivity index (χ1n) is 9.22. The number of thiophene rings is 1. The zero-order valence-corrected chi connectivity index (χ0v) is 16.2. The molecule has 2 aliphatic rings. The van der Waals surface area contributed by atoms with Crippen molar-refractivity contribution in [2.45, 2.75) is 68.8 Å².